The number of halogens is 5. The van der Waals surface area contributed by atoms with Gasteiger partial charge in [0.2, 0.25) is 0 Å². The highest BCUT2D eigenvalue weighted by Gasteiger charge is 2.22. The minimum atomic E-state index is -3.17. The van der Waals surface area contributed by atoms with Crippen molar-refractivity contribution >= 4 is 34.8 Å². The first-order chi connectivity index (χ1) is 8.34. The molecule has 0 aromatic heterocycles. The van der Waals surface area contributed by atoms with Crippen LogP contribution in [0.4, 0.5) is 18.9 Å². The second-order valence-electron chi connectivity index (χ2n) is 3.39. The summed E-state index contributed by atoms with van der Waals surface area (Å²) in [6, 6.07) is 2.72. The largest absolute Gasteiger partial charge is 0.398 e. The minimum Gasteiger partial charge on any atom is -0.398 e. The van der Waals surface area contributed by atoms with Crippen molar-refractivity contribution in [2.24, 2.45) is 0 Å². The van der Waals surface area contributed by atoms with E-state index >= 15 is 0 Å². The Kier molecular flexibility index (Phi) is 5.10. The quantitative estimate of drug-likeness (QED) is 0.840. The van der Waals surface area contributed by atoms with Gasteiger partial charge in [0, 0.05) is 0 Å². The molecule has 1 atom stereocenters. The maximum atomic E-state index is 12.6. The van der Waals surface area contributed by atoms with Crippen LogP contribution in [0.1, 0.15) is 10.4 Å². The molecule has 0 aliphatic carbocycles. The summed E-state index contributed by atoms with van der Waals surface area (Å²) in [6.45, 7) is -0.835. The molecule has 1 rings (SSSR count). The average molecular weight is 301 g/mol. The van der Waals surface area contributed by atoms with Gasteiger partial charge in [-0.3, -0.25) is 4.79 Å². The van der Waals surface area contributed by atoms with Crippen LogP contribution in [0.5, 0.6) is 0 Å². The molecule has 0 heterocycles. The van der Waals surface area contributed by atoms with Gasteiger partial charge in [-0.2, -0.15) is 0 Å². The van der Waals surface area contributed by atoms with E-state index in [1.165, 1.54) is 12.1 Å². The van der Waals surface area contributed by atoms with Gasteiger partial charge in [0.25, 0.3) is 12.3 Å². The van der Waals surface area contributed by atoms with E-state index in [-0.39, 0.29) is 21.3 Å². The molecule has 100 valence electrons. The van der Waals surface area contributed by atoms with Crippen molar-refractivity contribution in [1.82, 2.24) is 5.32 Å². The Hall–Kier alpha value is -1.14. The molecule has 1 unspecified atom stereocenters. The zero-order valence-corrected chi connectivity index (χ0v) is 10.4. The smallest absolute Gasteiger partial charge is 0.271 e. The summed E-state index contributed by atoms with van der Waals surface area (Å²) in [6.07, 6.45) is -5.62. The number of nitrogen functional groups attached to an aromatic ring is 1. The highest BCUT2D eigenvalue weighted by molar-refractivity contribution is 6.41. The Morgan fingerprint density at radius 1 is 1.33 bits per heavy atom. The number of rotatable bonds is 4. The van der Waals surface area contributed by atoms with Gasteiger partial charge in [0.15, 0.2) is 6.17 Å². The van der Waals surface area contributed by atoms with Crippen LogP contribution in [-0.4, -0.2) is 25.0 Å². The summed E-state index contributed by atoms with van der Waals surface area (Å²) >= 11 is 11.5. The number of benzene rings is 1. The molecule has 3 N–H and O–H groups in total. The van der Waals surface area contributed by atoms with Crippen LogP contribution in [0.2, 0.25) is 10.0 Å². The highest BCUT2D eigenvalue weighted by atomic mass is 35.5. The molecule has 1 aromatic rings. The van der Waals surface area contributed by atoms with Gasteiger partial charge in [-0.15, -0.1) is 0 Å². The summed E-state index contributed by atoms with van der Waals surface area (Å²) in [4.78, 5) is 11.6. The third kappa shape index (κ3) is 3.43. The number of hydrogen-bond donors (Lipinski definition) is 2. The molecule has 0 saturated heterocycles. The third-order valence-corrected chi connectivity index (χ3v) is 2.80. The van der Waals surface area contributed by atoms with Crippen LogP contribution in [0.3, 0.4) is 0 Å². The average Bonchev–Trinajstić information content (AvgIpc) is 2.31. The van der Waals surface area contributed by atoms with Crippen molar-refractivity contribution < 1.29 is 18.0 Å². The van der Waals surface area contributed by atoms with E-state index < -0.39 is 25.0 Å². The second kappa shape index (κ2) is 6.15. The number of carbonyl (C=O) groups excluding carboxylic acids is 1. The Morgan fingerprint density at radius 3 is 2.50 bits per heavy atom. The van der Waals surface area contributed by atoms with Crippen molar-refractivity contribution in [3.8, 4) is 0 Å². The van der Waals surface area contributed by atoms with Gasteiger partial charge < -0.3 is 11.1 Å². The molecular weight excluding hydrogens is 292 g/mol. The van der Waals surface area contributed by atoms with E-state index in [9.17, 15) is 18.0 Å². The van der Waals surface area contributed by atoms with Crippen LogP contribution in [-0.2, 0) is 0 Å². The fraction of sp³-hybridized carbons (Fsp3) is 0.300. The van der Waals surface area contributed by atoms with Crippen molar-refractivity contribution in [3.05, 3.63) is 27.7 Å². The highest BCUT2D eigenvalue weighted by Crippen LogP contribution is 2.29. The Bertz CT molecular complexity index is 457. The lowest BCUT2D eigenvalue weighted by Gasteiger charge is -2.11. The van der Waals surface area contributed by atoms with Crippen molar-refractivity contribution in [3.63, 3.8) is 0 Å². The van der Waals surface area contributed by atoms with E-state index in [1.54, 1.807) is 0 Å². The van der Waals surface area contributed by atoms with E-state index in [2.05, 4.69) is 0 Å². The van der Waals surface area contributed by atoms with Crippen LogP contribution >= 0.6 is 23.2 Å². The van der Waals surface area contributed by atoms with Gasteiger partial charge in [0.05, 0.1) is 27.8 Å². The number of alkyl halides is 3. The second-order valence-corrected chi connectivity index (χ2v) is 4.17. The predicted molar refractivity (Wildman–Crippen MR) is 64.1 cm³/mol. The zero-order chi connectivity index (χ0) is 13.9. The summed E-state index contributed by atoms with van der Waals surface area (Å²) in [7, 11) is 0. The van der Waals surface area contributed by atoms with Crippen LogP contribution in [0.15, 0.2) is 12.1 Å². The first-order valence-electron chi connectivity index (χ1n) is 4.78. The molecule has 0 aliphatic heterocycles. The normalized spacial score (nSPS) is 12.6. The number of anilines is 1. The first-order valence-corrected chi connectivity index (χ1v) is 5.54. The molecule has 0 bridgehead atoms. The zero-order valence-electron chi connectivity index (χ0n) is 8.89. The number of carbonyl (C=O) groups is 1. The molecule has 1 aromatic carbocycles. The molecule has 0 saturated carbocycles. The Balaban J connectivity index is 2.82. The molecule has 0 aliphatic rings. The van der Waals surface area contributed by atoms with Gasteiger partial charge in [-0.05, 0) is 12.1 Å². The maximum absolute atomic E-state index is 12.6. The molecule has 8 heteroatoms. The maximum Gasteiger partial charge on any atom is 0.271 e. The Morgan fingerprint density at radius 2 is 1.94 bits per heavy atom. The first kappa shape index (κ1) is 14.9. The monoisotopic (exact) mass is 300 g/mol. The van der Waals surface area contributed by atoms with E-state index in [0.717, 1.165) is 0 Å². The lowest BCUT2D eigenvalue weighted by molar-refractivity contribution is 0.0488. The molecule has 1 amide bonds. The number of amides is 1. The standard InChI is InChI=1S/C10H9Cl2F3N2O/c11-4-1-2-6(16)8(12)7(4)10(18)17-3-5(13)9(14)15/h1-2,5,9H,3,16H2,(H,17,18). The molecule has 18 heavy (non-hydrogen) atoms. The van der Waals surface area contributed by atoms with Crippen molar-refractivity contribution in [1.29, 1.82) is 0 Å². The lowest BCUT2D eigenvalue weighted by Crippen LogP contribution is -2.33. The molecule has 0 radical (unpaired) electrons. The summed E-state index contributed by atoms with van der Waals surface area (Å²) < 4.78 is 36.4. The molecule has 0 fully saturated rings. The van der Waals surface area contributed by atoms with E-state index in [0.29, 0.717) is 0 Å². The molecular formula is C10H9Cl2F3N2O. The fourth-order valence-electron chi connectivity index (χ4n) is 1.14. The summed E-state index contributed by atoms with van der Waals surface area (Å²) in [5.74, 6) is -0.861. The number of nitrogens with two attached hydrogens (primary N) is 1. The van der Waals surface area contributed by atoms with Gasteiger partial charge in [0.1, 0.15) is 0 Å². The number of nitrogens with one attached hydrogen (secondary N) is 1. The van der Waals surface area contributed by atoms with Crippen LogP contribution in [0.25, 0.3) is 0 Å². The van der Waals surface area contributed by atoms with Crippen LogP contribution in [0, 0.1) is 0 Å². The van der Waals surface area contributed by atoms with Gasteiger partial charge in [-0.1, -0.05) is 23.2 Å². The number of hydrogen-bond acceptors (Lipinski definition) is 2. The molecule has 0 spiro atoms. The van der Waals surface area contributed by atoms with Gasteiger partial charge >= 0.3 is 0 Å². The van der Waals surface area contributed by atoms with E-state index in [1.807, 2.05) is 5.32 Å². The summed E-state index contributed by atoms with van der Waals surface area (Å²) in [5.41, 5.74) is 5.41. The predicted octanol–water partition coefficient (Wildman–Crippen LogP) is 2.91. The van der Waals surface area contributed by atoms with Gasteiger partial charge in [-0.25, -0.2) is 13.2 Å². The van der Waals surface area contributed by atoms with Crippen LogP contribution < -0.4 is 11.1 Å². The lowest BCUT2D eigenvalue weighted by atomic mass is 10.2. The third-order valence-electron chi connectivity index (χ3n) is 2.08. The summed E-state index contributed by atoms with van der Waals surface area (Å²) in [5, 5.41) is 1.87. The fourth-order valence-corrected chi connectivity index (χ4v) is 1.69. The molecule has 3 nitrogen and oxygen atoms in total. The van der Waals surface area contributed by atoms with Crippen molar-refractivity contribution in [2.75, 3.05) is 12.3 Å². The topological polar surface area (TPSA) is 55.1 Å². The minimum absolute atomic E-state index is 0.000782. The SMILES string of the molecule is Nc1ccc(Cl)c(C(=O)NCC(F)C(F)F)c1Cl. The van der Waals surface area contributed by atoms with Crippen molar-refractivity contribution in [2.45, 2.75) is 12.6 Å². The van der Waals surface area contributed by atoms with E-state index in [4.69, 9.17) is 28.9 Å². The Labute approximate surface area is 111 Å².